The Morgan fingerprint density at radius 1 is 1.38 bits per heavy atom. The van der Waals surface area contributed by atoms with Gasteiger partial charge in [-0.15, -0.1) is 35.3 Å². The number of hydrogen-bond donors (Lipinski definition) is 2. The predicted molar refractivity (Wildman–Crippen MR) is 110 cm³/mol. The van der Waals surface area contributed by atoms with Crippen LogP contribution in [0.15, 0.2) is 29.4 Å². The third-order valence-electron chi connectivity index (χ3n) is 3.11. The highest BCUT2D eigenvalue weighted by molar-refractivity contribution is 14.0. The van der Waals surface area contributed by atoms with Gasteiger partial charge in [0.25, 0.3) is 0 Å². The Labute approximate surface area is 168 Å². The fraction of sp³-hybridized carbons (Fsp3) is 0.375. The molecule has 1 aromatic heterocycles. The van der Waals surface area contributed by atoms with E-state index in [1.807, 2.05) is 20.0 Å². The number of nitrogens with one attached hydrogen (secondary N) is 2. The number of rotatable bonds is 6. The highest BCUT2D eigenvalue weighted by Gasteiger charge is 2.07. The maximum absolute atomic E-state index is 13.7. The van der Waals surface area contributed by atoms with E-state index in [1.165, 1.54) is 10.9 Å². The number of halogens is 3. The predicted octanol–water partition coefficient (Wildman–Crippen LogP) is 4.16. The van der Waals surface area contributed by atoms with Gasteiger partial charge in [0.2, 0.25) is 0 Å². The zero-order valence-corrected chi connectivity index (χ0v) is 17.5. The van der Waals surface area contributed by atoms with E-state index in [2.05, 4.69) is 20.6 Å². The first kappa shape index (κ1) is 21.1. The van der Waals surface area contributed by atoms with Crippen molar-refractivity contribution in [3.05, 3.63) is 50.7 Å². The van der Waals surface area contributed by atoms with Gasteiger partial charge in [0.15, 0.2) is 5.96 Å². The monoisotopic (exact) mass is 482 g/mol. The van der Waals surface area contributed by atoms with Gasteiger partial charge in [-0.25, -0.2) is 14.4 Å². The summed E-state index contributed by atoms with van der Waals surface area (Å²) in [5, 5.41) is 7.78. The second-order valence-electron chi connectivity index (χ2n) is 4.94. The quantitative estimate of drug-likeness (QED) is 0.369. The first-order valence-corrected chi connectivity index (χ1v) is 8.66. The molecule has 0 spiro atoms. The molecule has 24 heavy (non-hydrogen) atoms. The molecule has 8 heteroatoms. The summed E-state index contributed by atoms with van der Waals surface area (Å²) in [5.74, 6) is 0.410. The smallest absolute Gasteiger partial charge is 0.191 e. The molecule has 0 unspecified atom stereocenters. The van der Waals surface area contributed by atoms with Crippen LogP contribution >= 0.6 is 46.9 Å². The van der Waals surface area contributed by atoms with E-state index in [0.717, 1.165) is 11.6 Å². The van der Waals surface area contributed by atoms with Crippen LogP contribution in [0.4, 0.5) is 4.39 Å². The van der Waals surface area contributed by atoms with Crippen LogP contribution in [0.3, 0.4) is 0 Å². The molecule has 2 rings (SSSR count). The van der Waals surface area contributed by atoms with Gasteiger partial charge in [-0.05, 0) is 32.4 Å². The van der Waals surface area contributed by atoms with Gasteiger partial charge < -0.3 is 10.6 Å². The first-order valence-electron chi connectivity index (χ1n) is 7.46. The molecule has 0 aliphatic carbocycles. The number of benzene rings is 1. The first-order chi connectivity index (χ1) is 11.1. The van der Waals surface area contributed by atoms with E-state index in [9.17, 15) is 4.39 Å². The standard InChI is InChI=1S/C16H20ClFN4S.HI/c1-3-19-16(22-10-15-21-9-11(2)23-15)20-8-7-12-13(17)5-4-6-14(12)18;/h4-6,9H,3,7-8,10H2,1-2H3,(H2,19,20,22);1H. The average Bonchev–Trinajstić information content (AvgIpc) is 2.93. The van der Waals surface area contributed by atoms with E-state index < -0.39 is 0 Å². The van der Waals surface area contributed by atoms with Crippen molar-refractivity contribution in [2.45, 2.75) is 26.8 Å². The summed E-state index contributed by atoms with van der Waals surface area (Å²) in [5.41, 5.74) is 0.521. The molecule has 0 atom stereocenters. The molecule has 0 amide bonds. The number of thiazole rings is 1. The highest BCUT2D eigenvalue weighted by Crippen LogP contribution is 2.19. The maximum Gasteiger partial charge on any atom is 0.191 e. The van der Waals surface area contributed by atoms with Gasteiger partial charge in [0, 0.05) is 34.7 Å². The van der Waals surface area contributed by atoms with Crippen molar-refractivity contribution in [1.82, 2.24) is 15.6 Å². The Hall–Kier alpha value is -0.930. The average molecular weight is 483 g/mol. The van der Waals surface area contributed by atoms with E-state index in [1.54, 1.807) is 23.5 Å². The minimum Gasteiger partial charge on any atom is -0.357 e. The fourth-order valence-electron chi connectivity index (χ4n) is 2.04. The van der Waals surface area contributed by atoms with Gasteiger partial charge in [-0.3, -0.25) is 0 Å². The fourth-order valence-corrected chi connectivity index (χ4v) is 3.01. The van der Waals surface area contributed by atoms with Crippen molar-refractivity contribution in [3.8, 4) is 0 Å². The molecule has 1 heterocycles. The van der Waals surface area contributed by atoms with E-state index in [-0.39, 0.29) is 29.8 Å². The van der Waals surface area contributed by atoms with Gasteiger partial charge in [-0.2, -0.15) is 0 Å². The summed E-state index contributed by atoms with van der Waals surface area (Å²) in [4.78, 5) is 9.95. The summed E-state index contributed by atoms with van der Waals surface area (Å²) in [6.07, 6.45) is 2.34. The Kier molecular flexibility index (Phi) is 9.53. The lowest BCUT2D eigenvalue weighted by Crippen LogP contribution is -2.38. The molecule has 2 aromatic rings. The molecule has 0 bridgehead atoms. The highest BCUT2D eigenvalue weighted by atomic mass is 127. The molecular formula is C16H21ClFIN4S. The second-order valence-corrected chi connectivity index (χ2v) is 6.66. The molecule has 132 valence electrons. The van der Waals surface area contributed by atoms with Crippen LogP contribution in [0.25, 0.3) is 0 Å². The number of aromatic nitrogens is 1. The van der Waals surface area contributed by atoms with E-state index in [0.29, 0.717) is 36.1 Å². The third-order valence-corrected chi connectivity index (χ3v) is 4.37. The molecule has 0 radical (unpaired) electrons. The molecule has 4 nitrogen and oxygen atoms in total. The summed E-state index contributed by atoms with van der Waals surface area (Å²) in [7, 11) is 0. The van der Waals surface area contributed by atoms with Crippen molar-refractivity contribution in [1.29, 1.82) is 0 Å². The normalized spacial score (nSPS) is 11.1. The minimum absolute atomic E-state index is 0. The molecule has 0 aliphatic rings. The molecule has 1 aromatic carbocycles. The SMILES string of the molecule is CCNC(=NCc1ncc(C)s1)NCCc1c(F)cccc1Cl.I. The van der Waals surface area contributed by atoms with Crippen LogP contribution < -0.4 is 10.6 Å². The van der Waals surface area contributed by atoms with Gasteiger partial charge in [0.05, 0.1) is 6.54 Å². The summed E-state index contributed by atoms with van der Waals surface area (Å²) in [6.45, 7) is 5.84. The Bertz CT molecular complexity index is 658. The van der Waals surface area contributed by atoms with Gasteiger partial charge in [-0.1, -0.05) is 17.7 Å². The molecule has 0 fully saturated rings. The molecule has 0 aliphatic heterocycles. The van der Waals surface area contributed by atoms with Crippen LogP contribution in [0.5, 0.6) is 0 Å². The minimum atomic E-state index is -0.278. The largest absolute Gasteiger partial charge is 0.357 e. The van der Waals surface area contributed by atoms with Crippen molar-refractivity contribution in [2.75, 3.05) is 13.1 Å². The van der Waals surface area contributed by atoms with Crippen LogP contribution in [0.2, 0.25) is 5.02 Å². The van der Waals surface area contributed by atoms with Crippen LogP contribution in [-0.2, 0) is 13.0 Å². The zero-order valence-electron chi connectivity index (χ0n) is 13.6. The Balaban J connectivity index is 0.00000288. The van der Waals surface area contributed by atoms with Crippen molar-refractivity contribution < 1.29 is 4.39 Å². The summed E-state index contributed by atoms with van der Waals surface area (Å²) in [6, 6.07) is 4.73. The van der Waals surface area contributed by atoms with Crippen LogP contribution in [0.1, 0.15) is 22.4 Å². The molecule has 2 N–H and O–H groups in total. The van der Waals surface area contributed by atoms with Crippen molar-refractivity contribution in [3.63, 3.8) is 0 Å². The Morgan fingerprint density at radius 3 is 2.79 bits per heavy atom. The van der Waals surface area contributed by atoms with E-state index in [4.69, 9.17) is 11.6 Å². The molecule has 0 saturated carbocycles. The zero-order chi connectivity index (χ0) is 16.7. The number of aryl methyl sites for hydroxylation is 1. The van der Waals surface area contributed by atoms with Crippen LogP contribution in [0, 0.1) is 12.7 Å². The number of guanidine groups is 1. The second kappa shape index (κ2) is 10.8. The summed E-state index contributed by atoms with van der Waals surface area (Å²) >= 11 is 7.66. The third kappa shape index (κ3) is 6.52. The lowest BCUT2D eigenvalue weighted by molar-refractivity contribution is 0.607. The summed E-state index contributed by atoms with van der Waals surface area (Å²) < 4.78 is 13.7. The van der Waals surface area contributed by atoms with E-state index >= 15 is 0 Å². The lowest BCUT2D eigenvalue weighted by Gasteiger charge is -2.12. The number of nitrogens with zero attached hydrogens (tertiary/aromatic N) is 2. The number of hydrogen-bond acceptors (Lipinski definition) is 3. The Morgan fingerprint density at radius 2 is 2.17 bits per heavy atom. The van der Waals surface area contributed by atoms with Crippen LogP contribution in [-0.4, -0.2) is 24.0 Å². The van der Waals surface area contributed by atoms with Gasteiger partial charge >= 0.3 is 0 Å². The topological polar surface area (TPSA) is 49.3 Å². The van der Waals surface area contributed by atoms with Crippen molar-refractivity contribution >= 4 is 52.9 Å². The maximum atomic E-state index is 13.7. The van der Waals surface area contributed by atoms with Gasteiger partial charge in [0.1, 0.15) is 10.8 Å². The number of aliphatic imine (C=N–C) groups is 1. The molecular weight excluding hydrogens is 462 g/mol. The lowest BCUT2D eigenvalue weighted by atomic mass is 10.1. The molecule has 0 saturated heterocycles. The van der Waals surface area contributed by atoms with Crippen molar-refractivity contribution in [2.24, 2.45) is 4.99 Å².